The summed E-state index contributed by atoms with van der Waals surface area (Å²) in [5, 5.41) is 7.18. The lowest BCUT2D eigenvalue weighted by Gasteiger charge is -2.41. The van der Waals surface area contributed by atoms with Crippen molar-refractivity contribution in [1.82, 2.24) is 19.1 Å². The van der Waals surface area contributed by atoms with Gasteiger partial charge < -0.3 is 9.47 Å². The lowest BCUT2D eigenvalue weighted by Crippen LogP contribution is -2.49. The molecule has 1 unspecified atom stereocenters. The zero-order chi connectivity index (χ0) is 23.0. The van der Waals surface area contributed by atoms with Crippen LogP contribution in [0.1, 0.15) is 36.9 Å². The molecule has 7 nitrogen and oxygen atoms in total. The van der Waals surface area contributed by atoms with Crippen molar-refractivity contribution in [2.75, 3.05) is 18.0 Å². The first-order valence-corrected chi connectivity index (χ1v) is 12.8. The molecule has 3 heterocycles. The predicted molar refractivity (Wildman–Crippen MR) is 125 cm³/mol. The van der Waals surface area contributed by atoms with Gasteiger partial charge in [0, 0.05) is 36.9 Å². The number of sulfonamides is 1. The molecule has 0 spiro atoms. The third kappa shape index (κ3) is 4.39. The van der Waals surface area contributed by atoms with E-state index in [0.717, 1.165) is 30.8 Å². The third-order valence-corrected chi connectivity index (χ3v) is 9.29. The van der Waals surface area contributed by atoms with Gasteiger partial charge in [0.1, 0.15) is 18.5 Å². The van der Waals surface area contributed by atoms with Crippen LogP contribution in [0.4, 0.5) is 10.1 Å². The van der Waals surface area contributed by atoms with E-state index in [2.05, 4.69) is 15.1 Å². The topological polar surface area (TPSA) is 71.3 Å². The standard InChI is InChI=1S/C24H28FN5O2S/c1-18-7-10-23(11-19-5-3-2-4-6-19)33(31,32)30(18)13-20-8-9-21(12-24(20)25)28-14-22(15-28)29-16-26-27-17-29/h2-6,8-9,12,16-18,22-23H,7,10-11,13-15H2,1H3/t18-,23?/m0/s1. The molecule has 2 aromatic carbocycles. The molecule has 0 radical (unpaired) electrons. The van der Waals surface area contributed by atoms with E-state index in [0.29, 0.717) is 18.4 Å². The molecular formula is C24H28FN5O2S. The second kappa shape index (κ2) is 8.87. The lowest BCUT2D eigenvalue weighted by molar-refractivity contribution is 0.278. The Morgan fingerprint density at radius 2 is 1.76 bits per heavy atom. The van der Waals surface area contributed by atoms with Gasteiger partial charge in [0.05, 0.1) is 11.3 Å². The highest BCUT2D eigenvalue weighted by Gasteiger charge is 2.40. The van der Waals surface area contributed by atoms with Crippen molar-refractivity contribution in [3.05, 3.63) is 78.1 Å². The lowest BCUT2D eigenvalue weighted by atomic mass is 10.0. The first-order chi connectivity index (χ1) is 15.9. The minimum absolute atomic E-state index is 0.0598. The fourth-order valence-electron chi connectivity index (χ4n) is 4.77. The molecule has 2 aliphatic heterocycles. The van der Waals surface area contributed by atoms with Gasteiger partial charge in [0.2, 0.25) is 10.0 Å². The molecule has 2 saturated heterocycles. The molecule has 2 fully saturated rings. The Morgan fingerprint density at radius 3 is 2.45 bits per heavy atom. The van der Waals surface area contributed by atoms with Gasteiger partial charge in [-0.05, 0) is 43.9 Å². The first-order valence-electron chi connectivity index (χ1n) is 11.3. The molecule has 2 atom stereocenters. The van der Waals surface area contributed by atoms with Crippen LogP contribution in [0.2, 0.25) is 0 Å². The van der Waals surface area contributed by atoms with Crippen molar-refractivity contribution in [3.8, 4) is 0 Å². The van der Waals surface area contributed by atoms with Crippen molar-refractivity contribution in [3.63, 3.8) is 0 Å². The highest BCUT2D eigenvalue weighted by molar-refractivity contribution is 7.89. The Hall–Kier alpha value is -2.78. The van der Waals surface area contributed by atoms with Crippen LogP contribution in [0, 0.1) is 5.82 Å². The molecule has 9 heteroatoms. The van der Waals surface area contributed by atoms with Gasteiger partial charge in [0.25, 0.3) is 0 Å². The van der Waals surface area contributed by atoms with Crippen LogP contribution >= 0.6 is 0 Å². The number of anilines is 1. The van der Waals surface area contributed by atoms with Crippen molar-refractivity contribution < 1.29 is 12.8 Å². The molecule has 0 saturated carbocycles. The predicted octanol–water partition coefficient (Wildman–Crippen LogP) is 3.40. The molecule has 5 rings (SSSR count). The third-order valence-electron chi connectivity index (χ3n) is 6.90. The summed E-state index contributed by atoms with van der Waals surface area (Å²) in [7, 11) is -3.54. The normalized spacial score (nSPS) is 23.4. The fourth-order valence-corrected chi connectivity index (χ4v) is 6.92. The minimum Gasteiger partial charge on any atom is -0.367 e. The van der Waals surface area contributed by atoms with Gasteiger partial charge in [-0.1, -0.05) is 36.4 Å². The number of hydrogen-bond acceptors (Lipinski definition) is 5. The SMILES string of the molecule is C[C@H]1CCC(Cc2ccccc2)S(=O)(=O)N1Cc1ccc(N2CC(n3cnnc3)C2)cc1F. The summed E-state index contributed by atoms with van der Waals surface area (Å²) in [6.07, 6.45) is 5.26. The van der Waals surface area contributed by atoms with Crippen molar-refractivity contribution in [1.29, 1.82) is 0 Å². The highest BCUT2D eigenvalue weighted by atomic mass is 32.2. The Labute approximate surface area is 193 Å². The second-order valence-corrected chi connectivity index (χ2v) is 11.2. The van der Waals surface area contributed by atoms with Crippen LogP contribution in [-0.2, 0) is 23.0 Å². The molecule has 3 aromatic rings. The van der Waals surface area contributed by atoms with Crippen LogP contribution in [0.25, 0.3) is 0 Å². The van der Waals surface area contributed by atoms with E-state index in [1.807, 2.05) is 47.9 Å². The van der Waals surface area contributed by atoms with Crippen molar-refractivity contribution in [2.24, 2.45) is 0 Å². The number of aromatic nitrogens is 3. The minimum atomic E-state index is -3.54. The molecule has 174 valence electrons. The maximum atomic E-state index is 15.0. The maximum absolute atomic E-state index is 15.0. The Balaban J connectivity index is 1.28. The van der Waals surface area contributed by atoms with E-state index in [-0.39, 0.29) is 24.4 Å². The van der Waals surface area contributed by atoms with Crippen LogP contribution in [0.15, 0.2) is 61.2 Å². The fraction of sp³-hybridized carbons (Fsp3) is 0.417. The molecule has 0 aliphatic carbocycles. The highest BCUT2D eigenvalue weighted by Crippen LogP contribution is 2.33. The Morgan fingerprint density at radius 1 is 1.03 bits per heavy atom. The maximum Gasteiger partial charge on any atom is 0.217 e. The molecule has 33 heavy (non-hydrogen) atoms. The van der Waals surface area contributed by atoms with Crippen molar-refractivity contribution >= 4 is 15.7 Å². The summed E-state index contributed by atoms with van der Waals surface area (Å²) in [6.45, 7) is 3.49. The zero-order valence-electron chi connectivity index (χ0n) is 18.6. The Kier molecular flexibility index (Phi) is 5.92. The average Bonchev–Trinajstić information content (AvgIpc) is 3.28. The van der Waals surface area contributed by atoms with Gasteiger partial charge in [-0.3, -0.25) is 0 Å². The van der Waals surface area contributed by atoms with Gasteiger partial charge in [-0.15, -0.1) is 10.2 Å². The number of benzene rings is 2. The summed E-state index contributed by atoms with van der Waals surface area (Å²) in [4.78, 5) is 2.09. The van der Waals surface area contributed by atoms with Gasteiger partial charge in [-0.25, -0.2) is 12.8 Å². The molecule has 0 bridgehead atoms. The quantitative estimate of drug-likeness (QED) is 0.553. The van der Waals surface area contributed by atoms with Crippen LogP contribution in [-0.4, -0.2) is 51.9 Å². The summed E-state index contributed by atoms with van der Waals surface area (Å²) in [5.74, 6) is -0.368. The summed E-state index contributed by atoms with van der Waals surface area (Å²) >= 11 is 0. The van der Waals surface area contributed by atoms with E-state index >= 15 is 4.39 Å². The van der Waals surface area contributed by atoms with Gasteiger partial charge >= 0.3 is 0 Å². The smallest absolute Gasteiger partial charge is 0.217 e. The molecular weight excluding hydrogens is 441 g/mol. The Bertz CT molecular complexity index is 1200. The zero-order valence-corrected chi connectivity index (χ0v) is 19.4. The van der Waals surface area contributed by atoms with Gasteiger partial charge in [-0.2, -0.15) is 4.31 Å². The summed E-state index contributed by atoms with van der Waals surface area (Å²) < 4.78 is 45.3. The number of rotatable bonds is 6. The summed E-state index contributed by atoms with van der Waals surface area (Å²) in [5.41, 5.74) is 2.22. The van der Waals surface area contributed by atoms with Crippen LogP contribution in [0.3, 0.4) is 0 Å². The van der Waals surface area contributed by atoms with E-state index in [4.69, 9.17) is 0 Å². The molecule has 0 N–H and O–H groups in total. The average molecular weight is 470 g/mol. The first kappa shape index (κ1) is 22.0. The van der Waals surface area contributed by atoms with E-state index < -0.39 is 15.3 Å². The monoisotopic (exact) mass is 469 g/mol. The van der Waals surface area contributed by atoms with E-state index in [1.54, 1.807) is 18.7 Å². The van der Waals surface area contributed by atoms with Crippen LogP contribution < -0.4 is 4.90 Å². The van der Waals surface area contributed by atoms with Crippen LogP contribution in [0.5, 0.6) is 0 Å². The number of hydrogen-bond donors (Lipinski definition) is 0. The second-order valence-electron chi connectivity index (χ2n) is 9.07. The molecule has 2 aliphatic rings. The molecule has 0 amide bonds. The van der Waals surface area contributed by atoms with Gasteiger partial charge in [0.15, 0.2) is 0 Å². The molecule has 1 aromatic heterocycles. The van der Waals surface area contributed by atoms with E-state index in [9.17, 15) is 8.42 Å². The van der Waals surface area contributed by atoms with Crippen molar-refractivity contribution in [2.45, 2.75) is 50.1 Å². The number of nitrogens with zero attached hydrogens (tertiary/aromatic N) is 5. The summed E-state index contributed by atoms with van der Waals surface area (Å²) in [6, 6.07) is 14.9. The number of halogens is 1. The largest absolute Gasteiger partial charge is 0.367 e. The van der Waals surface area contributed by atoms with E-state index in [1.165, 1.54) is 10.4 Å².